The molecule has 2 aliphatic rings. The first-order chi connectivity index (χ1) is 13.0. The summed E-state index contributed by atoms with van der Waals surface area (Å²) in [4.78, 5) is 19.3. The van der Waals surface area contributed by atoms with Gasteiger partial charge in [0.2, 0.25) is 0 Å². The average Bonchev–Trinajstić information content (AvgIpc) is 3.10. The van der Waals surface area contributed by atoms with Gasteiger partial charge in [0.05, 0.1) is 37.6 Å². The van der Waals surface area contributed by atoms with Crippen LogP contribution in [0.1, 0.15) is 32.4 Å². The summed E-state index contributed by atoms with van der Waals surface area (Å²) in [6.07, 6.45) is 1.93. The number of carbonyl (C=O) groups is 1. The summed E-state index contributed by atoms with van der Waals surface area (Å²) in [5, 5.41) is 2.78. The van der Waals surface area contributed by atoms with Crippen LogP contribution in [0.4, 0.5) is 0 Å². The summed E-state index contributed by atoms with van der Waals surface area (Å²) in [5.74, 6) is 0.884. The van der Waals surface area contributed by atoms with Crippen LogP contribution >= 0.6 is 27.7 Å². The molecular weight excluding hydrogens is 432 g/mol. The SMILES string of the molecule is CCOC(=O)C1=C(C)N=C2SC=CN2[C@H]1c1cc(OCC)c(OC)cc1Br. The number of carbonyl (C=O) groups excluding carboxylic acids is 1. The molecule has 144 valence electrons. The molecule has 8 heteroatoms. The number of amidine groups is 1. The molecule has 0 N–H and O–H groups in total. The topological polar surface area (TPSA) is 60.4 Å². The summed E-state index contributed by atoms with van der Waals surface area (Å²) >= 11 is 5.16. The molecule has 0 bridgehead atoms. The number of methoxy groups -OCH3 is 1. The molecule has 1 atom stereocenters. The Labute approximate surface area is 171 Å². The van der Waals surface area contributed by atoms with E-state index in [2.05, 4.69) is 20.9 Å². The van der Waals surface area contributed by atoms with Gasteiger partial charge < -0.3 is 19.1 Å². The molecule has 6 nitrogen and oxygen atoms in total. The molecule has 0 amide bonds. The number of halogens is 1. The number of rotatable bonds is 6. The molecule has 0 fully saturated rings. The Balaban J connectivity index is 2.17. The van der Waals surface area contributed by atoms with Crippen LogP contribution in [0.3, 0.4) is 0 Å². The van der Waals surface area contributed by atoms with Crippen molar-refractivity contribution < 1.29 is 19.0 Å². The normalized spacial score (nSPS) is 18.3. The van der Waals surface area contributed by atoms with E-state index >= 15 is 0 Å². The van der Waals surface area contributed by atoms with E-state index in [1.165, 1.54) is 11.8 Å². The molecule has 0 unspecified atom stereocenters. The molecule has 0 saturated carbocycles. The number of hydrogen-bond acceptors (Lipinski definition) is 7. The fraction of sp³-hybridized carbons (Fsp3) is 0.368. The van der Waals surface area contributed by atoms with Crippen molar-refractivity contribution in [3.05, 3.63) is 45.0 Å². The van der Waals surface area contributed by atoms with Crippen molar-refractivity contribution in [1.29, 1.82) is 0 Å². The van der Waals surface area contributed by atoms with Gasteiger partial charge in [-0.2, -0.15) is 0 Å². The van der Waals surface area contributed by atoms with Gasteiger partial charge in [-0.25, -0.2) is 9.79 Å². The number of ether oxygens (including phenoxy) is 3. The third-order valence-electron chi connectivity index (χ3n) is 4.19. The number of thioether (sulfide) groups is 1. The Kier molecular flexibility index (Phi) is 6.16. The molecular formula is C19H21BrN2O4S. The highest BCUT2D eigenvalue weighted by Gasteiger charge is 2.38. The minimum Gasteiger partial charge on any atom is -0.493 e. The van der Waals surface area contributed by atoms with Crippen LogP contribution < -0.4 is 9.47 Å². The second kappa shape index (κ2) is 8.39. The number of hydrogen-bond donors (Lipinski definition) is 0. The largest absolute Gasteiger partial charge is 0.493 e. The second-order valence-corrected chi connectivity index (χ2v) is 7.51. The zero-order chi connectivity index (χ0) is 19.6. The highest BCUT2D eigenvalue weighted by atomic mass is 79.9. The lowest BCUT2D eigenvalue weighted by Crippen LogP contribution is -2.34. The lowest BCUT2D eigenvalue weighted by atomic mass is 9.94. The molecule has 2 heterocycles. The molecule has 0 aromatic heterocycles. The van der Waals surface area contributed by atoms with Gasteiger partial charge in [-0.1, -0.05) is 27.7 Å². The van der Waals surface area contributed by atoms with Gasteiger partial charge in [-0.3, -0.25) is 0 Å². The number of allylic oxidation sites excluding steroid dienone is 1. The highest BCUT2D eigenvalue weighted by Crippen LogP contribution is 2.46. The molecule has 1 aromatic rings. The maximum atomic E-state index is 12.7. The first kappa shape index (κ1) is 19.8. The molecule has 27 heavy (non-hydrogen) atoms. The standard InChI is InChI=1S/C19H21BrN2O4S/c1-5-25-15-9-12(13(20)10-14(15)24-4)17-16(18(23)26-6-2)11(3)21-19-22(17)7-8-27-19/h7-10,17H,5-6H2,1-4H3/t17-/m0/s1. The summed E-state index contributed by atoms with van der Waals surface area (Å²) in [7, 11) is 1.60. The van der Waals surface area contributed by atoms with Crippen molar-refractivity contribution in [1.82, 2.24) is 4.90 Å². The van der Waals surface area contributed by atoms with Gasteiger partial charge in [0.25, 0.3) is 0 Å². The first-order valence-electron chi connectivity index (χ1n) is 8.60. The van der Waals surface area contributed by atoms with Crippen LogP contribution in [0.25, 0.3) is 0 Å². The van der Waals surface area contributed by atoms with E-state index in [0.29, 0.717) is 36.0 Å². The van der Waals surface area contributed by atoms with Crippen LogP contribution in [0.2, 0.25) is 0 Å². The molecule has 0 aliphatic carbocycles. The summed E-state index contributed by atoms with van der Waals surface area (Å²) in [6, 6.07) is 3.39. The van der Waals surface area contributed by atoms with Gasteiger partial charge in [0.1, 0.15) is 0 Å². The summed E-state index contributed by atoms with van der Waals surface area (Å²) in [6.45, 7) is 6.36. The van der Waals surface area contributed by atoms with E-state index in [1.54, 1.807) is 14.0 Å². The Hall–Kier alpha value is -1.93. The first-order valence-corrected chi connectivity index (χ1v) is 10.3. The van der Waals surface area contributed by atoms with Crippen molar-refractivity contribution in [2.24, 2.45) is 4.99 Å². The molecule has 0 radical (unpaired) electrons. The summed E-state index contributed by atoms with van der Waals surface area (Å²) in [5.41, 5.74) is 2.05. The zero-order valence-corrected chi connectivity index (χ0v) is 18.0. The maximum absolute atomic E-state index is 12.7. The van der Waals surface area contributed by atoms with E-state index in [1.807, 2.05) is 42.5 Å². The minimum absolute atomic E-state index is 0.303. The van der Waals surface area contributed by atoms with Crippen LogP contribution in [-0.4, -0.2) is 36.4 Å². The summed E-state index contributed by atoms with van der Waals surface area (Å²) < 4.78 is 17.3. The number of benzene rings is 1. The van der Waals surface area contributed by atoms with Crippen molar-refractivity contribution >= 4 is 38.8 Å². The van der Waals surface area contributed by atoms with E-state index in [-0.39, 0.29) is 12.0 Å². The predicted molar refractivity (Wildman–Crippen MR) is 110 cm³/mol. The van der Waals surface area contributed by atoms with Gasteiger partial charge in [-0.15, -0.1) is 0 Å². The maximum Gasteiger partial charge on any atom is 0.338 e. The zero-order valence-electron chi connectivity index (χ0n) is 15.6. The van der Waals surface area contributed by atoms with Crippen LogP contribution in [0.5, 0.6) is 11.5 Å². The Bertz CT molecular complexity index is 850. The van der Waals surface area contributed by atoms with Gasteiger partial charge in [-0.05, 0) is 43.9 Å². The fourth-order valence-electron chi connectivity index (χ4n) is 3.06. The molecule has 1 aromatic carbocycles. The number of aliphatic imine (C=N–C) groups is 1. The second-order valence-electron chi connectivity index (χ2n) is 5.78. The molecule has 0 spiro atoms. The van der Waals surface area contributed by atoms with E-state index in [4.69, 9.17) is 14.2 Å². The Morgan fingerprint density at radius 2 is 2.07 bits per heavy atom. The Morgan fingerprint density at radius 1 is 1.30 bits per heavy atom. The minimum atomic E-state index is -0.373. The third-order valence-corrected chi connectivity index (χ3v) is 5.65. The van der Waals surface area contributed by atoms with E-state index in [0.717, 1.165) is 15.2 Å². The van der Waals surface area contributed by atoms with E-state index < -0.39 is 0 Å². The highest BCUT2D eigenvalue weighted by molar-refractivity contribution is 9.10. The van der Waals surface area contributed by atoms with Crippen LogP contribution in [-0.2, 0) is 9.53 Å². The number of fused-ring (bicyclic) bond motifs is 1. The van der Waals surface area contributed by atoms with E-state index in [9.17, 15) is 4.79 Å². The Morgan fingerprint density at radius 3 is 2.74 bits per heavy atom. The lowest BCUT2D eigenvalue weighted by molar-refractivity contribution is -0.139. The van der Waals surface area contributed by atoms with Crippen LogP contribution in [0.15, 0.2) is 44.5 Å². The van der Waals surface area contributed by atoms with Crippen molar-refractivity contribution in [3.8, 4) is 11.5 Å². The van der Waals surface area contributed by atoms with Crippen LogP contribution in [0, 0.1) is 0 Å². The molecule has 0 saturated heterocycles. The third kappa shape index (κ3) is 3.73. The lowest BCUT2D eigenvalue weighted by Gasteiger charge is -2.34. The molecule has 3 rings (SSSR count). The smallest absolute Gasteiger partial charge is 0.338 e. The number of nitrogens with zero attached hydrogens (tertiary/aromatic N) is 2. The van der Waals surface area contributed by atoms with Crippen molar-refractivity contribution in [2.75, 3.05) is 20.3 Å². The predicted octanol–water partition coefficient (Wildman–Crippen LogP) is 4.62. The van der Waals surface area contributed by atoms with Gasteiger partial charge >= 0.3 is 5.97 Å². The van der Waals surface area contributed by atoms with Crippen molar-refractivity contribution in [2.45, 2.75) is 26.8 Å². The van der Waals surface area contributed by atoms with Gasteiger partial charge in [0.15, 0.2) is 16.7 Å². The monoisotopic (exact) mass is 452 g/mol. The fourth-order valence-corrected chi connectivity index (χ4v) is 4.39. The molecule has 2 aliphatic heterocycles. The quantitative estimate of drug-likeness (QED) is 0.586. The van der Waals surface area contributed by atoms with Gasteiger partial charge in [0, 0.05) is 10.7 Å². The average molecular weight is 453 g/mol. The van der Waals surface area contributed by atoms with Crippen molar-refractivity contribution in [3.63, 3.8) is 0 Å². The number of esters is 1.